The monoisotopic (exact) mass is 216 g/mol. The van der Waals surface area contributed by atoms with Gasteiger partial charge in [0.1, 0.15) is 5.82 Å². The van der Waals surface area contributed by atoms with Crippen LogP contribution in [0.2, 0.25) is 0 Å². The van der Waals surface area contributed by atoms with Crippen LogP contribution >= 0.6 is 0 Å². The molecule has 0 aromatic heterocycles. The molecule has 6 heteroatoms. The van der Waals surface area contributed by atoms with Gasteiger partial charge in [0.05, 0.1) is 6.26 Å². The Morgan fingerprint density at radius 3 is 2.21 bits per heavy atom. The summed E-state index contributed by atoms with van der Waals surface area (Å²) in [6.45, 7) is 0. The van der Waals surface area contributed by atoms with Crippen molar-refractivity contribution < 1.29 is 17.6 Å². The average molecular weight is 216 g/mol. The number of carbonyl (C=O) groups excluding carboxylic acids is 1. The summed E-state index contributed by atoms with van der Waals surface area (Å²) in [6.07, 6.45) is 0.814. The maximum absolute atomic E-state index is 12.4. The molecule has 1 amide bonds. The summed E-state index contributed by atoms with van der Waals surface area (Å²) < 4.78 is 36.6. The predicted octanol–water partition coefficient (Wildman–Crippen LogP) is 0.530. The molecular formula is C8H7FNO3S. The Bertz CT molecular complexity index is 438. The van der Waals surface area contributed by atoms with Crippen LogP contribution < -0.4 is 4.72 Å². The number of halogens is 1. The molecular weight excluding hydrogens is 209 g/mol. The standard InChI is InChI=1S/C8H7FNO3S/c1-14(12,13)10-8(11)6-2-4-7(9)5-3-6/h2-5H,1H3. The van der Waals surface area contributed by atoms with E-state index >= 15 is 0 Å². The Hall–Kier alpha value is -1.43. The van der Waals surface area contributed by atoms with Crippen LogP contribution in [0.1, 0.15) is 10.4 Å². The van der Waals surface area contributed by atoms with Gasteiger partial charge in [0.25, 0.3) is 15.9 Å². The van der Waals surface area contributed by atoms with E-state index in [1.807, 2.05) is 0 Å². The van der Waals surface area contributed by atoms with Crippen molar-refractivity contribution in [3.05, 3.63) is 35.6 Å². The van der Waals surface area contributed by atoms with E-state index in [2.05, 4.69) is 4.72 Å². The lowest BCUT2D eigenvalue weighted by Gasteiger charge is -1.98. The number of rotatable bonds is 2. The van der Waals surface area contributed by atoms with Gasteiger partial charge in [-0.25, -0.2) is 12.8 Å². The molecule has 14 heavy (non-hydrogen) atoms. The minimum Gasteiger partial charge on any atom is -0.266 e. The Labute approximate surface area is 80.8 Å². The van der Waals surface area contributed by atoms with Crippen LogP contribution in [-0.2, 0) is 10.0 Å². The van der Waals surface area contributed by atoms with Crippen molar-refractivity contribution in [3.8, 4) is 0 Å². The number of benzene rings is 1. The van der Waals surface area contributed by atoms with Crippen LogP contribution in [0.3, 0.4) is 0 Å². The van der Waals surface area contributed by atoms with Crippen molar-refractivity contribution in [1.82, 2.24) is 4.72 Å². The topological polar surface area (TPSA) is 65.3 Å². The summed E-state index contributed by atoms with van der Waals surface area (Å²) in [5.41, 5.74) is 0.0387. The first-order valence-corrected chi connectivity index (χ1v) is 5.46. The molecule has 0 heterocycles. The molecule has 1 rings (SSSR count). The van der Waals surface area contributed by atoms with Crippen LogP contribution in [-0.4, -0.2) is 20.6 Å². The highest BCUT2D eigenvalue weighted by atomic mass is 32.2. The van der Waals surface area contributed by atoms with Gasteiger partial charge in [-0.05, 0) is 24.3 Å². The smallest absolute Gasteiger partial charge is 0.266 e. The lowest BCUT2D eigenvalue weighted by atomic mass is 10.2. The second-order valence-electron chi connectivity index (χ2n) is 2.64. The third kappa shape index (κ3) is 3.14. The van der Waals surface area contributed by atoms with E-state index in [1.165, 1.54) is 12.1 Å². The van der Waals surface area contributed by atoms with Crippen molar-refractivity contribution in [1.29, 1.82) is 0 Å². The van der Waals surface area contributed by atoms with Gasteiger partial charge in [0, 0.05) is 5.56 Å². The number of hydrogen-bond acceptors (Lipinski definition) is 3. The van der Waals surface area contributed by atoms with Gasteiger partial charge >= 0.3 is 0 Å². The van der Waals surface area contributed by atoms with Crippen LogP contribution in [0.15, 0.2) is 24.3 Å². The third-order valence-electron chi connectivity index (χ3n) is 1.34. The Kier molecular flexibility index (Phi) is 2.85. The molecule has 0 saturated carbocycles. The average Bonchev–Trinajstić information content (AvgIpc) is 2.02. The maximum Gasteiger partial charge on any atom is 0.287 e. The Balaban J connectivity index is 2.86. The van der Waals surface area contributed by atoms with E-state index in [0.717, 1.165) is 18.4 Å². The van der Waals surface area contributed by atoms with Gasteiger partial charge in [-0.1, -0.05) is 0 Å². The van der Waals surface area contributed by atoms with Crippen molar-refractivity contribution >= 4 is 15.9 Å². The summed E-state index contributed by atoms with van der Waals surface area (Å²) in [4.78, 5) is 11.1. The second-order valence-corrected chi connectivity index (χ2v) is 4.28. The van der Waals surface area contributed by atoms with Gasteiger partial charge in [-0.2, -0.15) is 0 Å². The Morgan fingerprint density at radius 2 is 1.79 bits per heavy atom. The summed E-state index contributed by atoms with van der Waals surface area (Å²) >= 11 is 0. The fraction of sp³-hybridized carbons (Fsp3) is 0.125. The summed E-state index contributed by atoms with van der Waals surface area (Å²) in [6, 6.07) is 4.47. The molecule has 0 N–H and O–H groups in total. The van der Waals surface area contributed by atoms with Crippen LogP contribution in [0.5, 0.6) is 0 Å². The molecule has 0 saturated heterocycles. The zero-order chi connectivity index (χ0) is 10.8. The quantitative estimate of drug-likeness (QED) is 0.724. The number of sulfonamides is 1. The minimum absolute atomic E-state index is 0.0387. The van der Waals surface area contributed by atoms with E-state index in [-0.39, 0.29) is 5.56 Å². The lowest BCUT2D eigenvalue weighted by molar-refractivity contribution is 0.0978. The molecule has 0 atom stereocenters. The van der Waals surface area contributed by atoms with E-state index in [9.17, 15) is 17.6 Å². The summed E-state index contributed by atoms with van der Waals surface area (Å²) in [7, 11) is -3.70. The van der Waals surface area contributed by atoms with Gasteiger partial charge in [0.15, 0.2) is 0 Å². The molecule has 0 unspecified atom stereocenters. The van der Waals surface area contributed by atoms with E-state index < -0.39 is 21.7 Å². The van der Waals surface area contributed by atoms with E-state index in [0.29, 0.717) is 0 Å². The number of nitrogens with zero attached hydrogens (tertiary/aromatic N) is 1. The molecule has 0 fully saturated rings. The summed E-state index contributed by atoms with van der Waals surface area (Å²) in [5.74, 6) is -1.39. The normalized spacial score (nSPS) is 11.0. The lowest BCUT2D eigenvalue weighted by Crippen LogP contribution is -2.21. The van der Waals surface area contributed by atoms with Crippen LogP contribution in [0, 0.1) is 5.82 Å². The van der Waals surface area contributed by atoms with E-state index in [4.69, 9.17) is 0 Å². The Morgan fingerprint density at radius 1 is 1.29 bits per heavy atom. The first-order chi connectivity index (χ1) is 6.38. The molecule has 4 nitrogen and oxygen atoms in total. The highest BCUT2D eigenvalue weighted by molar-refractivity contribution is 7.89. The second kappa shape index (κ2) is 3.75. The van der Waals surface area contributed by atoms with Crippen molar-refractivity contribution in [2.45, 2.75) is 0 Å². The maximum atomic E-state index is 12.4. The molecule has 1 aromatic rings. The van der Waals surface area contributed by atoms with Gasteiger partial charge < -0.3 is 0 Å². The fourth-order valence-electron chi connectivity index (χ4n) is 0.796. The van der Waals surface area contributed by atoms with Crippen molar-refractivity contribution in [2.24, 2.45) is 0 Å². The summed E-state index contributed by atoms with van der Waals surface area (Å²) in [5, 5.41) is 0. The van der Waals surface area contributed by atoms with Crippen molar-refractivity contribution in [3.63, 3.8) is 0 Å². The van der Waals surface area contributed by atoms with Gasteiger partial charge in [-0.15, -0.1) is 4.72 Å². The first kappa shape index (κ1) is 10.6. The highest BCUT2D eigenvalue weighted by Gasteiger charge is 2.13. The van der Waals surface area contributed by atoms with Gasteiger partial charge in [-0.3, -0.25) is 4.79 Å². The molecule has 1 aromatic carbocycles. The molecule has 0 spiro atoms. The van der Waals surface area contributed by atoms with E-state index in [1.54, 1.807) is 0 Å². The SMILES string of the molecule is CS(=O)(=O)[N]C(=O)c1ccc(F)cc1. The molecule has 0 aliphatic heterocycles. The molecule has 0 bridgehead atoms. The third-order valence-corrected chi connectivity index (χ3v) is 1.84. The number of carbonyl (C=O) groups is 1. The predicted molar refractivity (Wildman–Crippen MR) is 47.7 cm³/mol. The van der Waals surface area contributed by atoms with Crippen LogP contribution in [0.4, 0.5) is 4.39 Å². The molecule has 0 aliphatic carbocycles. The van der Waals surface area contributed by atoms with Crippen LogP contribution in [0.25, 0.3) is 0 Å². The number of amides is 1. The number of hydrogen-bond donors (Lipinski definition) is 0. The highest BCUT2D eigenvalue weighted by Crippen LogP contribution is 2.03. The zero-order valence-corrected chi connectivity index (χ0v) is 8.08. The minimum atomic E-state index is -3.70. The molecule has 0 aliphatic rings. The van der Waals surface area contributed by atoms with Gasteiger partial charge in [0.2, 0.25) is 0 Å². The molecule has 75 valence electrons. The zero-order valence-electron chi connectivity index (χ0n) is 7.27. The van der Waals surface area contributed by atoms with Crippen molar-refractivity contribution in [2.75, 3.05) is 6.26 Å². The fourth-order valence-corrected chi connectivity index (χ4v) is 1.20. The molecule has 1 radical (unpaired) electrons. The largest absolute Gasteiger partial charge is 0.287 e. The first-order valence-electron chi connectivity index (χ1n) is 3.61.